The van der Waals surface area contributed by atoms with E-state index >= 15 is 0 Å². The molecule has 2 aromatic carbocycles. The van der Waals surface area contributed by atoms with E-state index in [-0.39, 0.29) is 10.8 Å². The van der Waals surface area contributed by atoms with E-state index < -0.39 is 0 Å². The Morgan fingerprint density at radius 1 is 1.03 bits per heavy atom. The third-order valence-electron chi connectivity index (χ3n) is 8.31. The van der Waals surface area contributed by atoms with Crippen LogP contribution in [0.3, 0.4) is 0 Å². The molecule has 2 N–H and O–H groups in total. The molecule has 0 aromatic heterocycles. The Bertz CT molecular complexity index is 1380. The van der Waals surface area contributed by atoms with Gasteiger partial charge in [0.1, 0.15) is 0 Å². The number of nitrogens with two attached hydrogens (primary N) is 1. The van der Waals surface area contributed by atoms with Gasteiger partial charge < -0.3 is 5.73 Å². The maximum absolute atomic E-state index is 6.77. The summed E-state index contributed by atoms with van der Waals surface area (Å²) in [5, 5.41) is 0. The molecule has 192 valence electrons. The summed E-state index contributed by atoms with van der Waals surface area (Å²) in [6.45, 7) is 13.6. The van der Waals surface area contributed by atoms with Gasteiger partial charge in [-0.15, -0.1) is 0 Å². The second kappa shape index (κ2) is 10.8. The fourth-order valence-corrected chi connectivity index (χ4v) is 5.91. The fraction of sp³-hybridized carbons (Fsp3) is 0.324. The molecule has 0 atom stereocenters. The van der Waals surface area contributed by atoms with Crippen molar-refractivity contribution in [1.82, 2.24) is 0 Å². The lowest BCUT2D eigenvalue weighted by molar-refractivity contribution is -0.356. The van der Waals surface area contributed by atoms with Gasteiger partial charge in [-0.1, -0.05) is 96.0 Å². The number of fused-ring (bicyclic) bond motifs is 1. The van der Waals surface area contributed by atoms with Crippen LogP contribution < -0.4 is 5.73 Å². The van der Waals surface area contributed by atoms with E-state index in [1.54, 1.807) is 0 Å². The summed E-state index contributed by atoms with van der Waals surface area (Å²) in [4.78, 5) is 1.92. The van der Waals surface area contributed by atoms with Crippen LogP contribution in [0.4, 0.5) is 5.69 Å². The molecule has 1 aliphatic carbocycles. The molecule has 0 bridgehead atoms. The van der Waals surface area contributed by atoms with E-state index in [1.807, 2.05) is 4.99 Å². The zero-order chi connectivity index (χ0) is 26.8. The minimum atomic E-state index is -0.0940. The number of halogens is 1. The predicted molar refractivity (Wildman–Crippen MR) is 163 cm³/mol. The predicted octanol–water partition coefficient (Wildman–Crippen LogP) is 9.04. The van der Waals surface area contributed by atoms with Gasteiger partial charge in [-0.3, -0.25) is 0 Å². The van der Waals surface area contributed by atoms with Crippen molar-refractivity contribution in [2.24, 2.45) is 5.73 Å². The molecule has 3 heteroatoms. The molecule has 0 spiro atoms. The maximum Gasteiger partial charge on any atom is 0.215 e. The van der Waals surface area contributed by atoms with E-state index in [9.17, 15) is 0 Å². The molecule has 2 aliphatic rings. The van der Waals surface area contributed by atoms with Crippen molar-refractivity contribution in [2.45, 2.75) is 71.6 Å². The SMILES string of the molecule is C/C(=C/C=C1\CCCC(/C=C/C2=[N+](/C=C/Br)c3ccccc3C2(C)C)=C1N)C(C)(C)c1ccccc1C. The third-order valence-corrected chi connectivity index (χ3v) is 8.54. The molecule has 0 saturated carbocycles. The molecular weight excluding hydrogens is 516 g/mol. The Hall–Kier alpha value is -2.91. The van der Waals surface area contributed by atoms with E-state index in [1.165, 1.54) is 44.8 Å². The molecule has 2 nitrogen and oxygen atoms in total. The van der Waals surface area contributed by atoms with Gasteiger partial charge in [0.15, 0.2) is 11.9 Å². The average molecular weight is 557 g/mol. The van der Waals surface area contributed by atoms with Gasteiger partial charge >= 0.3 is 0 Å². The third kappa shape index (κ3) is 5.25. The molecule has 37 heavy (non-hydrogen) atoms. The molecule has 2 aromatic rings. The summed E-state index contributed by atoms with van der Waals surface area (Å²) in [6.07, 6.45) is 14.3. The van der Waals surface area contributed by atoms with Gasteiger partial charge in [0.05, 0.1) is 5.41 Å². The highest BCUT2D eigenvalue weighted by Crippen LogP contribution is 2.40. The number of nitrogens with zero attached hydrogens (tertiary/aromatic N) is 1. The van der Waals surface area contributed by atoms with E-state index in [2.05, 4.69) is 141 Å². The fourth-order valence-electron chi connectivity index (χ4n) is 5.68. The van der Waals surface area contributed by atoms with E-state index in [0.29, 0.717) is 0 Å². The van der Waals surface area contributed by atoms with Crippen LogP contribution in [0.1, 0.15) is 70.6 Å². The van der Waals surface area contributed by atoms with Crippen LogP contribution in [0.25, 0.3) is 0 Å². The van der Waals surface area contributed by atoms with Gasteiger partial charge in [0.2, 0.25) is 5.69 Å². The van der Waals surface area contributed by atoms with Crippen molar-refractivity contribution in [3.8, 4) is 0 Å². The molecule has 0 saturated heterocycles. The molecular formula is C34H40BrN2+. The molecule has 0 radical (unpaired) electrons. The Labute approximate surface area is 231 Å². The largest absolute Gasteiger partial charge is 0.398 e. The van der Waals surface area contributed by atoms with Gasteiger partial charge in [-0.25, -0.2) is 0 Å². The Morgan fingerprint density at radius 3 is 2.46 bits per heavy atom. The monoisotopic (exact) mass is 555 g/mol. The van der Waals surface area contributed by atoms with E-state index in [0.717, 1.165) is 25.0 Å². The minimum absolute atomic E-state index is 0.0373. The lowest BCUT2D eigenvalue weighted by Crippen LogP contribution is -2.26. The molecule has 1 aliphatic heterocycles. The van der Waals surface area contributed by atoms with Crippen molar-refractivity contribution in [1.29, 1.82) is 0 Å². The number of aryl methyl sites for hydroxylation is 1. The zero-order valence-corrected chi connectivity index (χ0v) is 24.7. The lowest BCUT2D eigenvalue weighted by Gasteiger charge is -2.28. The number of para-hydroxylation sites is 1. The van der Waals surface area contributed by atoms with E-state index in [4.69, 9.17) is 5.73 Å². The first-order valence-electron chi connectivity index (χ1n) is 13.2. The summed E-state index contributed by atoms with van der Waals surface area (Å²) >= 11 is 3.48. The average Bonchev–Trinajstić information content (AvgIpc) is 3.09. The summed E-state index contributed by atoms with van der Waals surface area (Å²) in [5.74, 6) is 0. The first-order chi connectivity index (χ1) is 17.6. The van der Waals surface area contributed by atoms with Crippen LogP contribution >= 0.6 is 15.9 Å². The van der Waals surface area contributed by atoms with Gasteiger partial charge in [-0.2, -0.15) is 4.58 Å². The molecule has 0 amide bonds. The summed E-state index contributed by atoms with van der Waals surface area (Å²) in [5.41, 5.74) is 17.9. The van der Waals surface area contributed by atoms with Crippen molar-refractivity contribution in [2.75, 3.05) is 0 Å². The van der Waals surface area contributed by atoms with Crippen LogP contribution in [0.5, 0.6) is 0 Å². The number of allylic oxidation sites excluding steroid dienone is 7. The van der Waals surface area contributed by atoms with Crippen molar-refractivity contribution in [3.63, 3.8) is 0 Å². The maximum atomic E-state index is 6.77. The number of hydrogen-bond donors (Lipinski definition) is 1. The first kappa shape index (κ1) is 27.1. The number of hydrogen-bond acceptors (Lipinski definition) is 1. The molecule has 0 fully saturated rings. The van der Waals surface area contributed by atoms with Gasteiger partial charge in [0, 0.05) is 33.8 Å². The molecule has 0 unspecified atom stereocenters. The minimum Gasteiger partial charge on any atom is -0.398 e. The van der Waals surface area contributed by atoms with Crippen LogP contribution in [0, 0.1) is 6.92 Å². The summed E-state index contributed by atoms with van der Waals surface area (Å²) in [6, 6.07) is 17.3. The second-order valence-corrected chi connectivity index (χ2v) is 11.8. The molecule has 1 heterocycles. The summed E-state index contributed by atoms with van der Waals surface area (Å²) in [7, 11) is 0. The van der Waals surface area contributed by atoms with Crippen LogP contribution in [-0.4, -0.2) is 10.3 Å². The normalized spacial score (nSPS) is 19.5. The number of benzene rings is 2. The van der Waals surface area contributed by atoms with Gasteiger partial charge in [-0.05, 0) is 69.2 Å². The standard InChI is InChI=1S/C34H39BrN2/c1-24-12-7-8-15-28(24)33(3,4)25(2)18-19-26-13-11-14-27(32(26)36)20-21-31-34(5,6)29-16-9-10-17-30(29)37(31)23-22-35/h7-10,12,15-23,36H,11,13-14H2,1-6H3/p+1/b23-22+,25-18-,26-19+. The van der Waals surface area contributed by atoms with Crippen molar-refractivity contribution >= 4 is 27.3 Å². The Morgan fingerprint density at radius 2 is 1.73 bits per heavy atom. The smallest absolute Gasteiger partial charge is 0.215 e. The highest BCUT2D eigenvalue weighted by molar-refractivity contribution is 9.11. The Balaban J connectivity index is 1.66. The van der Waals surface area contributed by atoms with Crippen molar-refractivity contribution < 1.29 is 4.58 Å². The second-order valence-electron chi connectivity index (χ2n) is 11.3. The first-order valence-corrected chi connectivity index (χ1v) is 14.1. The molecule has 4 rings (SSSR count). The number of rotatable bonds is 6. The van der Waals surface area contributed by atoms with Crippen molar-refractivity contribution in [3.05, 3.63) is 123 Å². The topological polar surface area (TPSA) is 29.0 Å². The Kier molecular flexibility index (Phi) is 7.94. The highest BCUT2D eigenvalue weighted by atomic mass is 79.9. The van der Waals surface area contributed by atoms with Gasteiger partial charge in [0.25, 0.3) is 0 Å². The summed E-state index contributed by atoms with van der Waals surface area (Å²) < 4.78 is 2.27. The van der Waals surface area contributed by atoms with Crippen LogP contribution in [0.2, 0.25) is 0 Å². The van der Waals surface area contributed by atoms with Crippen LogP contribution in [0.15, 0.2) is 106 Å². The zero-order valence-electron chi connectivity index (χ0n) is 23.1. The quantitative estimate of drug-likeness (QED) is 0.354. The van der Waals surface area contributed by atoms with Crippen LogP contribution in [-0.2, 0) is 10.8 Å². The lowest BCUT2D eigenvalue weighted by atomic mass is 9.76. The highest BCUT2D eigenvalue weighted by Gasteiger charge is 2.43.